The molecule has 1 unspecified atom stereocenters. The van der Waals surface area contributed by atoms with Gasteiger partial charge in [0, 0.05) is 0 Å². The van der Waals surface area contributed by atoms with Crippen LogP contribution < -0.4 is 5.73 Å². The number of hydrogen-bond acceptors (Lipinski definition) is 4. The number of epoxide rings is 1. The Morgan fingerprint density at radius 3 is 2.56 bits per heavy atom. The average molecular weight is 253 g/mol. The minimum Gasteiger partial charge on any atom is -0.438 e. The molecular weight excluding hydrogens is 234 g/mol. The number of nitrogens with two attached hydrogens (primary N) is 1. The van der Waals surface area contributed by atoms with Crippen LogP contribution in [0.4, 0.5) is 4.79 Å². The lowest BCUT2D eigenvalue weighted by atomic mass is 9.96. The Balaban J connectivity index is 1.62. The summed E-state index contributed by atoms with van der Waals surface area (Å²) in [5, 5.41) is 0. The summed E-state index contributed by atoms with van der Waals surface area (Å²) < 4.78 is 10.1. The first kappa shape index (κ1) is 12.0. The third kappa shape index (κ3) is 2.00. The van der Waals surface area contributed by atoms with Gasteiger partial charge in [-0.25, -0.2) is 4.79 Å². The van der Waals surface area contributed by atoms with Crippen LogP contribution in [0.25, 0.3) is 0 Å². The van der Waals surface area contributed by atoms with Gasteiger partial charge in [-0.1, -0.05) is 6.42 Å². The van der Waals surface area contributed by atoms with Crippen LogP contribution in [0.15, 0.2) is 0 Å². The maximum absolute atomic E-state index is 12.2. The second-order valence-corrected chi connectivity index (χ2v) is 5.97. The quantitative estimate of drug-likeness (QED) is 0.747. The van der Waals surface area contributed by atoms with Crippen molar-refractivity contribution in [1.29, 1.82) is 0 Å². The molecule has 2 saturated carbocycles. The summed E-state index contributed by atoms with van der Waals surface area (Å²) in [4.78, 5) is 23.1. The molecule has 0 spiro atoms. The zero-order valence-corrected chi connectivity index (χ0v) is 10.6. The summed E-state index contributed by atoms with van der Waals surface area (Å²) in [5.74, 6) is 1.88. The lowest BCUT2D eigenvalue weighted by molar-refractivity contribution is -0.132. The topological polar surface area (TPSA) is 81.9 Å². The molecule has 18 heavy (non-hydrogen) atoms. The molecule has 1 amide bonds. The van der Waals surface area contributed by atoms with Crippen molar-refractivity contribution in [2.45, 2.75) is 44.3 Å². The van der Waals surface area contributed by atoms with Gasteiger partial charge >= 0.3 is 6.09 Å². The van der Waals surface area contributed by atoms with Crippen molar-refractivity contribution >= 4 is 11.9 Å². The molecule has 2 aliphatic carbocycles. The predicted molar refractivity (Wildman–Crippen MR) is 62.8 cm³/mol. The molecule has 100 valence electrons. The lowest BCUT2D eigenvalue weighted by Gasteiger charge is -2.18. The van der Waals surface area contributed by atoms with E-state index in [1.807, 2.05) is 0 Å². The van der Waals surface area contributed by atoms with Gasteiger partial charge in [-0.3, -0.25) is 4.79 Å². The fraction of sp³-hybridized carbons (Fsp3) is 0.846. The number of fused-ring (bicyclic) bond motifs is 1. The van der Waals surface area contributed by atoms with Crippen molar-refractivity contribution in [2.75, 3.05) is 6.61 Å². The Morgan fingerprint density at radius 2 is 2.06 bits per heavy atom. The number of amides is 1. The number of carbonyl (C=O) groups is 2. The van der Waals surface area contributed by atoms with Gasteiger partial charge in [-0.15, -0.1) is 0 Å². The standard InChI is InChI=1S/C13H19NO4/c1-13(6-17-13)11(15)10(18-12(14)16)5-9-7-3-2-4-8(7)9/h7-10H,2-6H2,1H3,(H2,14,16)/t7-,8+,9?,10-,13+/m0/s1. The monoisotopic (exact) mass is 253 g/mol. The molecule has 3 fully saturated rings. The van der Waals surface area contributed by atoms with Gasteiger partial charge in [0.2, 0.25) is 5.78 Å². The minimum absolute atomic E-state index is 0.133. The number of primary amides is 1. The van der Waals surface area contributed by atoms with Crippen molar-refractivity contribution < 1.29 is 19.1 Å². The average Bonchev–Trinajstić information content (AvgIpc) is 3.14. The van der Waals surface area contributed by atoms with Crippen LogP contribution in [0.2, 0.25) is 0 Å². The van der Waals surface area contributed by atoms with Crippen LogP contribution in [-0.2, 0) is 14.3 Å². The fourth-order valence-electron chi connectivity index (χ4n) is 3.51. The van der Waals surface area contributed by atoms with E-state index in [2.05, 4.69) is 0 Å². The van der Waals surface area contributed by atoms with E-state index >= 15 is 0 Å². The van der Waals surface area contributed by atoms with Crippen molar-refractivity contribution in [3.8, 4) is 0 Å². The van der Waals surface area contributed by atoms with Gasteiger partial charge in [0.05, 0.1) is 6.61 Å². The zero-order chi connectivity index (χ0) is 12.9. The fourth-order valence-corrected chi connectivity index (χ4v) is 3.51. The Morgan fingerprint density at radius 1 is 1.44 bits per heavy atom. The van der Waals surface area contributed by atoms with Crippen LogP contribution in [-0.4, -0.2) is 30.2 Å². The van der Waals surface area contributed by atoms with Gasteiger partial charge in [0.15, 0.2) is 11.7 Å². The molecule has 1 aliphatic heterocycles. The van der Waals surface area contributed by atoms with Crippen LogP contribution in [0, 0.1) is 17.8 Å². The number of ketones is 1. The molecular formula is C13H19NO4. The summed E-state index contributed by atoms with van der Waals surface area (Å²) in [7, 11) is 0. The smallest absolute Gasteiger partial charge is 0.405 e. The molecule has 3 rings (SSSR count). The SMILES string of the molecule is C[C@]1(C(=O)[C@H](CC2[C@H]3CCC[C@@H]23)OC(N)=O)CO1. The molecule has 5 heteroatoms. The molecule has 0 bridgehead atoms. The molecule has 5 nitrogen and oxygen atoms in total. The number of rotatable bonds is 5. The van der Waals surface area contributed by atoms with E-state index in [0.29, 0.717) is 18.9 Å². The van der Waals surface area contributed by atoms with Crippen LogP contribution in [0.3, 0.4) is 0 Å². The van der Waals surface area contributed by atoms with E-state index in [-0.39, 0.29) is 5.78 Å². The Kier molecular flexibility index (Phi) is 2.62. The van der Waals surface area contributed by atoms with Gasteiger partial charge < -0.3 is 15.2 Å². The highest BCUT2D eigenvalue weighted by Crippen LogP contribution is 2.59. The first-order valence-electron chi connectivity index (χ1n) is 6.65. The molecule has 5 atom stereocenters. The maximum Gasteiger partial charge on any atom is 0.405 e. The number of Topliss-reactive ketones (excluding diaryl/α,β-unsaturated/α-hetero) is 1. The molecule has 2 N–H and O–H groups in total. The first-order valence-corrected chi connectivity index (χ1v) is 6.65. The third-order valence-electron chi connectivity index (χ3n) is 4.72. The summed E-state index contributed by atoms with van der Waals surface area (Å²) in [6, 6.07) is 0. The largest absolute Gasteiger partial charge is 0.438 e. The zero-order valence-electron chi connectivity index (χ0n) is 10.6. The molecule has 1 heterocycles. The Labute approximate surface area is 106 Å². The second kappa shape index (κ2) is 3.95. The summed E-state index contributed by atoms with van der Waals surface area (Å²) in [5.41, 5.74) is 4.31. The predicted octanol–water partition coefficient (Wildman–Crippen LogP) is 1.24. The second-order valence-electron chi connectivity index (χ2n) is 5.97. The Hall–Kier alpha value is -1.10. The molecule has 0 aromatic rings. The summed E-state index contributed by atoms with van der Waals surface area (Å²) in [6.45, 7) is 2.16. The normalized spacial score (nSPS) is 41.9. The molecule has 0 aromatic heterocycles. The van der Waals surface area contributed by atoms with E-state index in [1.165, 1.54) is 19.3 Å². The van der Waals surface area contributed by atoms with Gasteiger partial charge in [0.25, 0.3) is 0 Å². The van der Waals surface area contributed by atoms with Crippen molar-refractivity contribution in [3.63, 3.8) is 0 Å². The van der Waals surface area contributed by atoms with Gasteiger partial charge in [-0.2, -0.15) is 0 Å². The molecule has 3 aliphatic rings. The first-order chi connectivity index (χ1) is 8.51. The third-order valence-corrected chi connectivity index (χ3v) is 4.72. The van der Waals surface area contributed by atoms with Crippen LogP contribution in [0.1, 0.15) is 32.6 Å². The van der Waals surface area contributed by atoms with Gasteiger partial charge in [0.1, 0.15) is 0 Å². The van der Waals surface area contributed by atoms with Gasteiger partial charge in [-0.05, 0) is 43.9 Å². The highest BCUT2D eigenvalue weighted by molar-refractivity contribution is 5.94. The van der Waals surface area contributed by atoms with Crippen molar-refractivity contribution in [2.24, 2.45) is 23.5 Å². The van der Waals surface area contributed by atoms with Crippen LogP contribution in [0.5, 0.6) is 0 Å². The van der Waals surface area contributed by atoms with E-state index in [1.54, 1.807) is 6.92 Å². The Bertz CT molecular complexity index is 380. The number of ether oxygens (including phenoxy) is 2. The highest BCUT2D eigenvalue weighted by atomic mass is 16.6. The number of hydrogen-bond donors (Lipinski definition) is 1. The minimum atomic E-state index is -0.872. The summed E-state index contributed by atoms with van der Waals surface area (Å²) in [6.07, 6.45) is 2.83. The number of carbonyl (C=O) groups excluding carboxylic acids is 2. The van der Waals surface area contributed by atoms with Crippen molar-refractivity contribution in [1.82, 2.24) is 0 Å². The maximum atomic E-state index is 12.2. The molecule has 1 saturated heterocycles. The van der Waals surface area contributed by atoms with Crippen molar-refractivity contribution in [3.05, 3.63) is 0 Å². The molecule has 0 aromatic carbocycles. The highest BCUT2D eigenvalue weighted by Gasteiger charge is 2.57. The van der Waals surface area contributed by atoms with E-state index in [4.69, 9.17) is 15.2 Å². The van der Waals surface area contributed by atoms with E-state index in [0.717, 1.165) is 11.8 Å². The lowest BCUT2D eigenvalue weighted by Crippen LogP contribution is -2.38. The van der Waals surface area contributed by atoms with E-state index < -0.39 is 17.8 Å². The molecule has 0 radical (unpaired) electrons. The van der Waals surface area contributed by atoms with E-state index in [9.17, 15) is 9.59 Å². The summed E-state index contributed by atoms with van der Waals surface area (Å²) >= 11 is 0. The van der Waals surface area contributed by atoms with Crippen LogP contribution >= 0.6 is 0 Å².